The fraction of sp³-hybridized carbons (Fsp3) is 0.391. The molecule has 0 spiro atoms. The third-order valence-corrected chi connectivity index (χ3v) is 8.53. The van der Waals surface area contributed by atoms with Crippen molar-refractivity contribution in [2.75, 3.05) is 37.3 Å². The maximum atomic E-state index is 11.9. The first kappa shape index (κ1) is 20.6. The van der Waals surface area contributed by atoms with E-state index in [1.807, 2.05) is 30.4 Å². The molecule has 162 valence electrons. The average Bonchev–Trinajstić information content (AvgIpc) is 3.16. The SMILES string of the molecule is CS(=O)(=O)N1CCN(c2nc(/C=C/c3ccccc3)nc3sc4c(c23)CCCC4)CC1. The van der Waals surface area contributed by atoms with Crippen molar-refractivity contribution >= 4 is 49.5 Å². The largest absolute Gasteiger partial charge is 0.353 e. The Kier molecular flexibility index (Phi) is 5.54. The van der Waals surface area contributed by atoms with Crippen LogP contribution in [0.1, 0.15) is 34.7 Å². The van der Waals surface area contributed by atoms with E-state index in [-0.39, 0.29) is 0 Å². The van der Waals surface area contributed by atoms with Crippen LogP contribution < -0.4 is 4.90 Å². The van der Waals surface area contributed by atoms with E-state index in [1.54, 1.807) is 15.6 Å². The molecular formula is C23H26N4O2S2. The summed E-state index contributed by atoms with van der Waals surface area (Å²) in [6, 6.07) is 10.2. The summed E-state index contributed by atoms with van der Waals surface area (Å²) in [7, 11) is -3.16. The highest BCUT2D eigenvalue weighted by molar-refractivity contribution is 7.88. The fourth-order valence-corrected chi connectivity index (χ4v) is 6.51. The quantitative estimate of drug-likeness (QED) is 0.600. The van der Waals surface area contributed by atoms with Gasteiger partial charge in [-0.25, -0.2) is 18.4 Å². The van der Waals surface area contributed by atoms with Gasteiger partial charge < -0.3 is 4.90 Å². The van der Waals surface area contributed by atoms with Gasteiger partial charge in [0.05, 0.1) is 11.6 Å². The number of hydrogen-bond donors (Lipinski definition) is 0. The maximum absolute atomic E-state index is 11.9. The lowest BCUT2D eigenvalue weighted by Crippen LogP contribution is -2.48. The van der Waals surface area contributed by atoms with Crippen molar-refractivity contribution in [1.29, 1.82) is 0 Å². The normalized spacial score (nSPS) is 18.0. The molecule has 0 atom stereocenters. The number of aryl methyl sites for hydroxylation is 2. The van der Waals surface area contributed by atoms with Gasteiger partial charge in [0.2, 0.25) is 10.0 Å². The van der Waals surface area contributed by atoms with E-state index in [4.69, 9.17) is 9.97 Å². The molecule has 1 aromatic carbocycles. The Hall–Kier alpha value is -2.29. The third kappa shape index (κ3) is 4.24. The van der Waals surface area contributed by atoms with Crippen LogP contribution in [0.4, 0.5) is 5.82 Å². The van der Waals surface area contributed by atoms with Crippen molar-refractivity contribution in [3.05, 3.63) is 52.2 Å². The van der Waals surface area contributed by atoms with E-state index in [0.29, 0.717) is 32.0 Å². The van der Waals surface area contributed by atoms with Gasteiger partial charge in [0, 0.05) is 31.1 Å². The van der Waals surface area contributed by atoms with Gasteiger partial charge in [-0.2, -0.15) is 4.31 Å². The average molecular weight is 455 g/mol. The van der Waals surface area contributed by atoms with Gasteiger partial charge in [0.15, 0.2) is 5.82 Å². The highest BCUT2D eigenvalue weighted by Gasteiger charge is 2.28. The number of anilines is 1. The van der Waals surface area contributed by atoms with E-state index >= 15 is 0 Å². The monoisotopic (exact) mass is 454 g/mol. The lowest BCUT2D eigenvalue weighted by molar-refractivity contribution is 0.387. The minimum absolute atomic E-state index is 0.492. The first-order valence-electron chi connectivity index (χ1n) is 10.7. The predicted molar refractivity (Wildman–Crippen MR) is 128 cm³/mol. The Balaban J connectivity index is 1.55. The van der Waals surface area contributed by atoms with Crippen LogP contribution in [0.5, 0.6) is 0 Å². The molecule has 1 fully saturated rings. The first-order chi connectivity index (χ1) is 15.0. The highest BCUT2D eigenvalue weighted by atomic mass is 32.2. The molecule has 0 bridgehead atoms. The van der Waals surface area contributed by atoms with Crippen molar-refractivity contribution in [2.24, 2.45) is 0 Å². The Bertz CT molecular complexity index is 1230. The van der Waals surface area contributed by atoms with Gasteiger partial charge >= 0.3 is 0 Å². The molecule has 1 saturated heterocycles. The summed E-state index contributed by atoms with van der Waals surface area (Å²) in [4.78, 5) is 14.6. The van der Waals surface area contributed by atoms with Crippen LogP contribution >= 0.6 is 11.3 Å². The van der Waals surface area contributed by atoms with Gasteiger partial charge in [-0.15, -0.1) is 11.3 Å². The number of sulfonamides is 1. The molecule has 8 heteroatoms. The third-order valence-electron chi connectivity index (χ3n) is 6.04. The predicted octanol–water partition coefficient (Wildman–Crippen LogP) is 3.82. The van der Waals surface area contributed by atoms with Gasteiger partial charge in [-0.3, -0.25) is 0 Å². The molecule has 2 aliphatic rings. The minimum Gasteiger partial charge on any atom is -0.353 e. The van der Waals surface area contributed by atoms with Gasteiger partial charge in [-0.05, 0) is 42.9 Å². The maximum Gasteiger partial charge on any atom is 0.211 e. The molecule has 5 rings (SSSR count). The molecule has 3 heterocycles. The smallest absolute Gasteiger partial charge is 0.211 e. The van der Waals surface area contributed by atoms with Crippen LogP contribution in [0.15, 0.2) is 30.3 Å². The zero-order chi connectivity index (χ0) is 21.4. The second kappa shape index (κ2) is 8.33. The summed E-state index contributed by atoms with van der Waals surface area (Å²) >= 11 is 1.80. The van der Waals surface area contributed by atoms with E-state index in [0.717, 1.165) is 29.1 Å². The number of benzene rings is 1. The van der Waals surface area contributed by atoms with E-state index in [2.05, 4.69) is 17.0 Å². The van der Waals surface area contributed by atoms with Crippen molar-refractivity contribution in [2.45, 2.75) is 25.7 Å². The van der Waals surface area contributed by atoms with E-state index in [1.165, 1.54) is 34.9 Å². The molecule has 0 saturated carbocycles. The Morgan fingerprint density at radius 2 is 1.71 bits per heavy atom. The number of nitrogens with zero attached hydrogens (tertiary/aromatic N) is 4. The Morgan fingerprint density at radius 3 is 2.45 bits per heavy atom. The van der Waals surface area contributed by atoms with Crippen molar-refractivity contribution < 1.29 is 8.42 Å². The molecular weight excluding hydrogens is 428 g/mol. The Labute approximate surface area is 187 Å². The summed E-state index contributed by atoms with van der Waals surface area (Å²) in [6.45, 7) is 2.27. The molecule has 2 aromatic heterocycles. The van der Waals surface area contributed by atoms with Crippen LogP contribution in [0.2, 0.25) is 0 Å². The summed E-state index contributed by atoms with van der Waals surface area (Å²) in [5.41, 5.74) is 2.52. The second-order valence-electron chi connectivity index (χ2n) is 8.19. The van der Waals surface area contributed by atoms with Crippen molar-refractivity contribution in [3.8, 4) is 0 Å². The van der Waals surface area contributed by atoms with Gasteiger partial charge in [-0.1, -0.05) is 36.4 Å². The van der Waals surface area contributed by atoms with Crippen LogP contribution in [0.25, 0.3) is 22.4 Å². The van der Waals surface area contributed by atoms with Crippen molar-refractivity contribution in [1.82, 2.24) is 14.3 Å². The number of aromatic nitrogens is 2. The lowest BCUT2D eigenvalue weighted by atomic mass is 9.97. The fourth-order valence-electron chi connectivity index (χ4n) is 4.42. The number of rotatable bonds is 4. The molecule has 31 heavy (non-hydrogen) atoms. The van der Waals surface area contributed by atoms with Crippen LogP contribution in [0, 0.1) is 0 Å². The van der Waals surface area contributed by atoms with Gasteiger partial charge in [0.25, 0.3) is 0 Å². The summed E-state index contributed by atoms with van der Waals surface area (Å²) < 4.78 is 25.4. The summed E-state index contributed by atoms with van der Waals surface area (Å²) in [6.07, 6.45) is 9.93. The number of hydrogen-bond acceptors (Lipinski definition) is 6. The van der Waals surface area contributed by atoms with Crippen LogP contribution in [0.3, 0.4) is 0 Å². The zero-order valence-corrected chi connectivity index (χ0v) is 19.3. The van der Waals surface area contributed by atoms with Crippen LogP contribution in [-0.2, 0) is 22.9 Å². The van der Waals surface area contributed by atoms with E-state index in [9.17, 15) is 8.42 Å². The number of thiophene rings is 1. The molecule has 6 nitrogen and oxygen atoms in total. The highest BCUT2D eigenvalue weighted by Crippen LogP contribution is 2.40. The number of piperazine rings is 1. The van der Waals surface area contributed by atoms with E-state index < -0.39 is 10.0 Å². The topological polar surface area (TPSA) is 66.4 Å². The summed E-state index contributed by atoms with van der Waals surface area (Å²) in [5.74, 6) is 1.67. The van der Waals surface area contributed by atoms with Crippen molar-refractivity contribution in [3.63, 3.8) is 0 Å². The molecule has 3 aromatic rings. The van der Waals surface area contributed by atoms with Crippen LogP contribution in [-0.4, -0.2) is 55.1 Å². The first-order valence-corrected chi connectivity index (χ1v) is 13.4. The number of fused-ring (bicyclic) bond motifs is 3. The molecule has 0 amide bonds. The molecule has 1 aliphatic carbocycles. The standard InChI is InChI=1S/C23H26N4O2S2/c1-31(28,29)27-15-13-26(14-16-27)22-21-18-9-5-6-10-19(18)30-23(21)25-20(24-22)12-11-17-7-3-2-4-8-17/h2-4,7-8,11-12H,5-6,9-10,13-16H2,1H3/b12-11+. The lowest BCUT2D eigenvalue weighted by Gasteiger charge is -2.34. The molecule has 1 aliphatic heterocycles. The van der Waals surface area contributed by atoms with Gasteiger partial charge in [0.1, 0.15) is 10.6 Å². The molecule has 0 unspecified atom stereocenters. The Morgan fingerprint density at radius 1 is 0.968 bits per heavy atom. The molecule has 0 N–H and O–H groups in total. The summed E-state index contributed by atoms with van der Waals surface area (Å²) in [5, 5.41) is 1.18. The minimum atomic E-state index is -3.16. The zero-order valence-electron chi connectivity index (χ0n) is 17.6. The second-order valence-corrected chi connectivity index (χ2v) is 11.3. The molecule has 0 radical (unpaired) electrons.